The van der Waals surface area contributed by atoms with E-state index in [2.05, 4.69) is 25.7 Å². The Hall–Kier alpha value is -0.0800. The number of hydrogen-bond acceptors (Lipinski definition) is 2. The highest BCUT2D eigenvalue weighted by atomic mass is 15.2. The third kappa shape index (κ3) is 3.46. The van der Waals surface area contributed by atoms with Crippen LogP contribution in [-0.4, -0.2) is 30.1 Å². The van der Waals surface area contributed by atoms with Gasteiger partial charge >= 0.3 is 0 Å². The summed E-state index contributed by atoms with van der Waals surface area (Å²) in [6.07, 6.45) is 8.04. The van der Waals surface area contributed by atoms with Gasteiger partial charge in [0.1, 0.15) is 0 Å². The van der Waals surface area contributed by atoms with Crippen molar-refractivity contribution in [1.29, 1.82) is 0 Å². The molecule has 1 heterocycles. The van der Waals surface area contributed by atoms with Crippen LogP contribution >= 0.6 is 0 Å². The summed E-state index contributed by atoms with van der Waals surface area (Å²) < 4.78 is 0. The number of nitrogens with zero attached hydrogens (tertiary/aromatic N) is 1. The molecular weight excluding hydrogens is 196 g/mol. The lowest BCUT2D eigenvalue weighted by Crippen LogP contribution is -2.51. The fourth-order valence-electron chi connectivity index (χ4n) is 3.24. The molecule has 96 valence electrons. The molecule has 1 rings (SSSR count). The Kier molecular flexibility index (Phi) is 6.37. The van der Waals surface area contributed by atoms with Gasteiger partial charge in [-0.3, -0.25) is 4.90 Å². The van der Waals surface area contributed by atoms with Crippen molar-refractivity contribution in [1.82, 2.24) is 4.90 Å². The molecular formula is C14H30N2. The van der Waals surface area contributed by atoms with Crippen LogP contribution in [-0.2, 0) is 0 Å². The molecule has 3 atom stereocenters. The molecule has 1 aliphatic heterocycles. The van der Waals surface area contributed by atoms with Crippen molar-refractivity contribution in [3.63, 3.8) is 0 Å². The SMILES string of the molecule is CCCC(C)C(CN)N1CCCCC1CC. The zero-order valence-corrected chi connectivity index (χ0v) is 11.4. The van der Waals surface area contributed by atoms with E-state index in [0.717, 1.165) is 18.5 Å². The van der Waals surface area contributed by atoms with Crippen LogP contribution in [0.25, 0.3) is 0 Å². The maximum absolute atomic E-state index is 6.01. The molecule has 2 heteroatoms. The molecule has 1 fully saturated rings. The molecule has 0 saturated carbocycles. The van der Waals surface area contributed by atoms with Crippen molar-refractivity contribution >= 4 is 0 Å². The van der Waals surface area contributed by atoms with Crippen LogP contribution in [0.4, 0.5) is 0 Å². The third-order valence-electron chi connectivity index (χ3n) is 4.21. The van der Waals surface area contributed by atoms with Gasteiger partial charge in [-0.15, -0.1) is 0 Å². The standard InChI is InChI=1S/C14H30N2/c1-4-8-12(3)14(11-15)16-10-7-6-9-13(16)5-2/h12-14H,4-11,15H2,1-3H3. The predicted octanol–water partition coefficient (Wildman–Crippen LogP) is 3.01. The Bertz CT molecular complexity index is 182. The van der Waals surface area contributed by atoms with Crippen LogP contribution in [0.1, 0.15) is 59.3 Å². The normalized spacial score (nSPS) is 26.6. The number of likely N-dealkylation sites (tertiary alicyclic amines) is 1. The highest BCUT2D eigenvalue weighted by molar-refractivity contribution is 4.85. The summed E-state index contributed by atoms with van der Waals surface area (Å²) in [6.45, 7) is 9.08. The molecule has 0 bridgehead atoms. The smallest absolute Gasteiger partial charge is 0.0246 e. The highest BCUT2D eigenvalue weighted by Crippen LogP contribution is 2.26. The molecule has 1 aliphatic rings. The van der Waals surface area contributed by atoms with Crippen molar-refractivity contribution in [2.75, 3.05) is 13.1 Å². The van der Waals surface area contributed by atoms with Crippen LogP contribution in [0.15, 0.2) is 0 Å². The summed E-state index contributed by atoms with van der Waals surface area (Å²) in [6, 6.07) is 1.41. The second kappa shape index (κ2) is 7.29. The van der Waals surface area contributed by atoms with Crippen LogP contribution in [0.5, 0.6) is 0 Å². The van der Waals surface area contributed by atoms with E-state index >= 15 is 0 Å². The topological polar surface area (TPSA) is 29.3 Å². The lowest BCUT2D eigenvalue weighted by molar-refractivity contribution is 0.0644. The molecule has 3 unspecified atom stereocenters. The van der Waals surface area contributed by atoms with E-state index in [0.29, 0.717) is 6.04 Å². The van der Waals surface area contributed by atoms with E-state index in [4.69, 9.17) is 5.73 Å². The highest BCUT2D eigenvalue weighted by Gasteiger charge is 2.29. The molecule has 0 aromatic heterocycles. The fourth-order valence-corrected chi connectivity index (χ4v) is 3.24. The van der Waals surface area contributed by atoms with Gasteiger partial charge in [-0.05, 0) is 38.1 Å². The van der Waals surface area contributed by atoms with Crippen LogP contribution in [0, 0.1) is 5.92 Å². The second-order valence-corrected chi connectivity index (χ2v) is 5.36. The van der Waals surface area contributed by atoms with Gasteiger partial charge in [-0.1, -0.05) is 33.6 Å². The summed E-state index contributed by atoms with van der Waals surface area (Å²) in [7, 11) is 0. The first-order valence-electron chi connectivity index (χ1n) is 7.20. The lowest BCUT2D eigenvalue weighted by atomic mass is 9.90. The zero-order chi connectivity index (χ0) is 12.0. The van der Waals surface area contributed by atoms with E-state index in [1.807, 2.05) is 0 Å². The second-order valence-electron chi connectivity index (χ2n) is 5.36. The average molecular weight is 226 g/mol. The minimum Gasteiger partial charge on any atom is -0.329 e. The van der Waals surface area contributed by atoms with E-state index < -0.39 is 0 Å². The molecule has 0 aromatic rings. The number of rotatable bonds is 6. The van der Waals surface area contributed by atoms with Crippen molar-refractivity contribution < 1.29 is 0 Å². The van der Waals surface area contributed by atoms with Gasteiger partial charge in [-0.25, -0.2) is 0 Å². The maximum Gasteiger partial charge on any atom is 0.0246 e. The minimum atomic E-state index is 0.616. The first-order chi connectivity index (χ1) is 7.74. The van der Waals surface area contributed by atoms with Crippen molar-refractivity contribution in [2.45, 2.75) is 71.4 Å². The first-order valence-corrected chi connectivity index (χ1v) is 7.20. The molecule has 2 nitrogen and oxygen atoms in total. The van der Waals surface area contributed by atoms with Crippen molar-refractivity contribution in [2.24, 2.45) is 11.7 Å². The Morgan fingerprint density at radius 1 is 1.31 bits per heavy atom. The first kappa shape index (κ1) is 14.0. The minimum absolute atomic E-state index is 0.616. The number of nitrogens with two attached hydrogens (primary N) is 1. The quantitative estimate of drug-likeness (QED) is 0.754. The number of hydrogen-bond donors (Lipinski definition) is 1. The molecule has 0 spiro atoms. The largest absolute Gasteiger partial charge is 0.329 e. The van der Waals surface area contributed by atoms with E-state index in [1.165, 1.54) is 45.1 Å². The van der Waals surface area contributed by atoms with Gasteiger partial charge in [0, 0.05) is 18.6 Å². The maximum atomic E-state index is 6.01. The lowest BCUT2D eigenvalue weighted by Gasteiger charge is -2.43. The molecule has 0 radical (unpaired) electrons. The molecule has 16 heavy (non-hydrogen) atoms. The van der Waals surface area contributed by atoms with Gasteiger partial charge in [0.05, 0.1) is 0 Å². The monoisotopic (exact) mass is 226 g/mol. The molecule has 0 aliphatic carbocycles. The predicted molar refractivity (Wildman–Crippen MR) is 71.6 cm³/mol. The van der Waals surface area contributed by atoms with Gasteiger partial charge in [0.15, 0.2) is 0 Å². The Morgan fingerprint density at radius 3 is 2.62 bits per heavy atom. The van der Waals surface area contributed by atoms with E-state index in [1.54, 1.807) is 0 Å². The van der Waals surface area contributed by atoms with E-state index in [9.17, 15) is 0 Å². The van der Waals surface area contributed by atoms with Gasteiger partial charge < -0.3 is 5.73 Å². The van der Waals surface area contributed by atoms with Crippen LogP contribution < -0.4 is 5.73 Å². The van der Waals surface area contributed by atoms with Crippen LogP contribution in [0.3, 0.4) is 0 Å². The molecule has 0 amide bonds. The summed E-state index contributed by atoms with van der Waals surface area (Å²) in [5.41, 5.74) is 6.01. The zero-order valence-electron chi connectivity index (χ0n) is 11.4. The van der Waals surface area contributed by atoms with Crippen molar-refractivity contribution in [3.8, 4) is 0 Å². The fraction of sp³-hybridized carbons (Fsp3) is 1.00. The summed E-state index contributed by atoms with van der Waals surface area (Å²) in [5.74, 6) is 0.752. The van der Waals surface area contributed by atoms with Gasteiger partial charge in [-0.2, -0.15) is 0 Å². The van der Waals surface area contributed by atoms with Gasteiger partial charge in [0.2, 0.25) is 0 Å². The van der Waals surface area contributed by atoms with Crippen LogP contribution in [0.2, 0.25) is 0 Å². The summed E-state index contributed by atoms with van der Waals surface area (Å²) in [4.78, 5) is 2.71. The van der Waals surface area contributed by atoms with Crippen molar-refractivity contribution in [3.05, 3.63) is 0 Å². The Balaban J connectivity index is 2.61. The summed E-state index contributed by atoms with van der Waals surface area (Å²) in [5, 5.41) is 0. The Morgan fingerprint density at radius 2 is 2.06 bits per heavy atom. The average Bonchev–Trinajstić information content (AvgIpc) is 2.31. The van der Waals surface area contributed by atoms with E-state index in [-0.39, 0.29) is 0 Å². The molecule has 0 aromatic carbocycles. The third-order valence-corrected chi connectivity index (χ3v) is 4.21. The molecule has 1 saturated heterocycles. The molecule has 2 N–H and O–H groups in total. The number of piperidine rings is 1. The Labute approximate surface area is 102 Å². The van der Waals surface area contributed by atoms with Gasteiger partial charge in [0.25, 0.3) is 0 Å². The summed E-state index contributed by atoms with van der Waals surface area (Å²) >= 11 is 0.